The molecule has 6 nitrogen and oxygen atoms in total. The summed E-state index contributed by atoms with van der Waals surface area (Å²) in [6, 6.07) is 11.7. The van der Waals surface area contributed by atoms with Gasteiger partial charge >= 0.3 is 0 Å². The van der Waals surface area contributed by atoms with E-state index in [1.165, 1.54) is 0 Å². The number of nitrogens with two attached hydrogens (primary N) is 2. The molecule has 0 saturated heterocycles. The summed E-state index contributed by atoms with van der Waals surface area (Å²) in [5, 5.41) is 0.828. The molecular weight excluding hydrogens is 320 g/mol. The van der Waals surface area contributed by atoms with Crippen LogP contribution in [0.15, 0.2) is 40.8 Å². The van der Waals surface area contributed by atoms with Crippen LogP contribution >= 0.6 is 0 Å². The van der Waals surface area contributed by atoms with Gasteiger partial charge in [-0.3, -0.25) is 9.59 Å². The third-order valence-electron chi connectivity index (χ3n) is 3.68. The Morgan fingerprint density at radius 3 is 2.24 bits per heavy atom. The molecule has 6 heteroatoms. The van der Waals surface area contributed by atoms with E-state index in [1.54, 1.807) is 7.11 Å². The molecule has 0 aliphatic heterocycles. The largest absolute Gasteiger partial charge is 0.493 e. The number of benzene rings is 2. The van der Waals surface area contributed by atoms with Crippen LogP contribution in [0.3, 0.4) is 0 Å². The first-order valence-electron chi connectivity index (χ1n) is 7.56. The standard InChI is InChI=1S/C18H17NO3.CH3NO/c1-10-4-6-12(7-5-10)15-13-8-11(2)9-14(21-3)16(13)22-17(15)18(19)20;2-1-3/h4-9H,1-3H3,(H2,19,20);1H,(H2,2,3). The van der Waals surface area contributed by atoms with Crippen LogP contribution in [0.4, 0.5) is 0 Å². The molecule has 0 unspecified atom stereocenters. The van der Waals surface area contributed by atoms with Crippen LogP contribution in [0.2, 0.25) is 0 Å². The lowest BCUT2D eigenvalue weighted by Gasteiger charge is -2.04. The van der Waals surface area contributed by atoms with Gasteiger partial charge in [-0.2, -0.15) is 0 Å². The molecule has 0 saturated carbocycles. The van der Waals surface area contributed by atoms with E-state index in [9.17, 15) is 4.79 Å². The lowest BCUT2D eigenvalue weighted by Crippen LogP contribution is -2.10. The van der Waals surface area contributed by atoms with Crippen molar-refractivity contribution in [1.29, 1.82) is 0 Å². The van der Waals surface area contributed by atoms with Gasteiger partial charge in [0.2, 0.25) is 12.2 Å². The van der Waals surface area contributed by atoms with Crippen LogP contribution in [0.25, 0.3) is 22.1 Å². The highest BCUT2D eigenvalue weighted by atomic mass is 16.5. The number of carbonyl (C=O) groups is 2. The summed E-state index contributed by atoms with van der Waals surface area (Å²) in [5.74, 6) is 0.157. The maximum atomic E-state index is 11.8. The van der Waals surface area contributed by atoms with Crippen molar-refractivity contribution in [2.24, 2.45) is 11.5 Å². The zero-order chi connectivity index (χ0) is 18.6. The van der Waals surface area contributed by atoms with Gasteiger partial charge in [0.15, 0.2) is 11.3 Å². The van der Waals surface area contributed by atoms with Crippen molar-refractivity contribution in [1.82, 2.24) is 0 Å². The maximum Gasteiger partial charge on any atom is 0.285 e. The Morgan fingerprint density at radius 2 is 1.72 bits per heavy atom. The summed E-state index contributed by atoms with van der Waals surface area (Å²) in [6.07, 6.45) is 0.250. The summed E-state index contributed by atoms with van der Waals surface area (Å²) < 4.78 is 11.1. The number of rotatable bonds is 3. The van der Waals surface area contributed by atoms with Crippen LogP contribution in [0.5, 0.6) is 5.75 Å². The smallest absolute Gasteiger partial charge is 0.285 e. The number of amides is 2. The number of hydrogen-bond acceptors (Lipinski definition) is 4. The van der Waals surface area contributed by atoms with Gasteiger partial charge in [-0.25, -0.2) is 0 Å². The van der Waals surface area contributed by atoms with E-state index in [1.807, 2.05) is 50.2 Å². The molecule has 0 aliphatic rings. The summed E-state index contributed by atoms with van der Waals surface area (Å²) in [5.41, 5.74) is 14.0. The first-order valence-corrected chi connectivity index (χ1v) is 7.56. The van der Waals surface area contributed by atoms with Crippen LogP contribution in [-0.4, -0.2) is 19.4 Å². The van der Waals surface area contributed by atoms with Gasteiger partial charge in [-0.1, -0.05) is 29.8 Å². The Bertz CT molecular complexity index is 911. The highest BCUT2D eigenvalue weighted by Crippen LogP contribution is 2.39. The van der Waals surface area contributed by atoms with E-state index in [-0.39, 0.29) is 12.2 Å². The van der Waals surface area contributed by atoms with Crippen molar-refractivity contribution in [2.75, 3.05) is 7.11 Å². The second-order valence-corrected chi connectivity index (χ2v) is 5.52. The SMILES string of the molecule is COc1cc(C)cc2c(-c3ccc(C)cc3)c(C(N)=O)oc12.NC=O. The van der Waals surface area contributed by atoms with Crippen molar-refractivity contribution in [3.05, 3.63) is 53.3 Å². The summed E-state index contributed by atoms with van der Waals surface area (Å²) >= 11 is 0. The minimum absolute atomic E-state index is 0.155. The minimum Gasteiger partial charge on any atom is -0.493 e. The first-order chi connectivity index (χ1) is 11.9. The monoisotopic (exact) mass is 340 g/mol. The number of carbonyl (C=O) groups excluding carboxylic acids is 2. The first kappa shape index (κ1) is 18.1. The van der Waals surface area contributed by atoms with E-state index in [0.717, 1.165) is 22.1 Å². The van der Waals surface area contributed by atoms with Crippen molar-refractivity contribution in [2.45, 2.75) is 13.8 Å². The molecule has 3 rings (SSSR count). The average molecular weight is 340 g/mol. The summed E-state index contributed by atoms with van der Waals surface area (Å²) in [4.78, 5) is 20.4. The van der Waals surface area contributed by atoms with Crippen molar-refractivity contribution >= 4 is 23.3 Å². The molecule has 3 aromatic rings. The van der Waals surface area contributed by atoms with Crippen LogP contribution in [0.1, 0.15) is 21.7 Å². The maximum absolute atomic E-state index is 11.8. The molecule has 0 fully saturated rings. The normalized spacial score (nSPS) is 10.0. The highest BCUT2D eigenvalue weighted by Gasteiger charge is 2.22. The predicted molar refractivity (Wildman–Crippen MR) is 96.4 cm³/mol. The summed E-state index contributed by atoms with van der Waals surface area (Å²) in [6.45, 7) is 3.98. The number of aryl methyl sites for hydroxylation is 2. The van der Waals surface area contributed by atoms with E-state index >= 15 is 0 Å². The molecule has 0 aliphatic carbocycles. The molecule has 25 heavy (non-hydrogen) atoms. The third kappa shape index (κ3) is 3.63. The third-order valence-corrected chi connectivity index (χ3v) is 3.68. The van der Waals surface area contributed by atoms with Crippen LogP contribution < -0.4 is 16.2 Å². The second kappa shape index (κ2) is 7.53. The number of hydrogen-bond donors (Lipinski definition) is 2. The lowest BCUT2D eigenvalue weighted by molar-refractivity contribution is -0.106. The van der Waals surface area contributed by atoms with Crippen molar-refractivity contribution < 1.29 is 18.7 Å². The molecule has 4 N–H and O–H groups in total. The van der Waals surface area contributed by atoms with Gasteiger partial charge in [-0.05, 0) is 37.1 Å². The second-order valence-electron chi connectivity index (χ2n) is 5.52. The van der Waals surface area contributed by atoms with Crippen LogP contribution in [-0.2, 0) is 4.79 Å². The molecule has 2 amide bonds. The fourth-order valence-electron chi connectivity index (χ4n) is 2.64. The Kier molecular flexibility index (Phi) is 5.44. The Morgan fingerprint density at radius 1 is 1.12 bits per heavy atom. The predicted octanol–water partition coefficient (Wildman–Crippen LogP) is 2.93. The number of primary amides is 2. The van der Waals surface area contributed by atoms with Gasteiger partial charge in [0.05, 0.1) is 7.11 Å². The topological polar surface area (TPSA) is 109 Å². The summed E-state index contributed by atoms with van der Waals surface area (Å²) in [7, 11) is 1.58. The molecule has 1 heterocycles. The quantitative estimate of drug-likeness (QED) is 0.714. The molecular formula is C19H20N2O4. The van der Waals surface area contributed by atoms with Gasteiger partial charge in [0, 0.05) is 10.9 Å². The van der Waals surface area contributed by atoms with Gasteiger partial charge < -0.3 is 20.6 Å². The van der Waals surface area contributed by atoms with Crippen molar-refractivity contribution in [3.63, 3.8) is 0 Å². The zero-order valence-electron chi connectivity index (χ0n) is 14.3. The van der Waals surface area contributed by atoms with E-state index < -0.39 is 5.91 Å². The molecule has 1 aromatic heterocycles. The van der Waals surface area contributed by atoms with Crippen LogP contribution in [0, 0.1) is 13.8 Å². The molecule has 2 aromatic carbocycles. The van der Waals surface area contributed by atoms with Gasteiger partial charge in [0.1, 0.15) is 0 Å². The zero-order valence-corrected chi connectivity index (χ0v) is 14.3. The minimum atomic E-state index is -0.591. The Balaban J connectivity index is 0.000000701. The molecule has 0 radical (unpaired) electrons. The molecule has 0 atom stereocenters. The van der Waals surface area contributed by atoms with E-state index in [2.05, 4.69) is 5.73 Å². The number of ether oxygens (including phenoxy) is 1. The average Bonchev–Trinajstić information content (AvgIpc) is 2.95. The lowest BCUT2D eigenvalue weighted by atomic mass is 9.99. The fraction of sp³-hybridized carbons (Fsp3) is 0.158. The van der Waals surface area contributed by atoms with E-state index in [0.29, 0.717) is 16.9 Å². The highest BCUT2D eigenvalue weighted by molar-refractivity contribution is 6.08. The Labute approximate surface area is 145 Å². The van der Waals surface area contributed by atoms with Crippen molar-refractivity contribution in [3.8, 4) is 16.9 Å². The van der Waals surface area contributed by atoms with E-state index in [4.69, 9.17) is 19.7 Å². The van der Waals surface area contributed by atoms with Gasteiger partial charge in [-0.15, -0.1) is 0 Å². The Hall–Kier alpha value is -3.28. The fourth-order valence-corrected chi connectivity index (χ4v) is 2.64. The molecule has 130 valence electrons. The number of methoxy groups -OCH3 is 1. The number of fused-ring (bicyclic) bond motifs is 1. The molecule has 0 spiro atoms. The molecule has 0 bridgehead atoms. The number of furan rings is 1. The van der Waals surface area contributed by atoms with Gasteiger partial charge in [0.25, 0.3) is 5.91 Å².